The van der Waals surface area contributed by atoms with Crippen molar-refractivity contribution >= 4 is 5.91 Å². The van der Waals surface area contributed by atoms with Crippen molar-refractivity contribution in [3.05, 3.63) is 58.0 Å². The molecule has 28 heavy (non-hydrogen) atoms. The van der Waals surface area contributed by atoms with Crippen molar-refractivity contribution in [1.29, 1.82) is 0 Å². The number of rotatable bonds is 6. The van der Waals surface area contributed by atoms with Crippen molar-refractivity contribution in [2.45, 2.75) is 26.9 Å². The van der Waals surface area contributed by atoms with Crippen LogP contribution in [0.25, 0.3) is 5.69 Å². The van der Waals surface area contributed by atoms with Crippen molar-refractivity contribution in [3.63, 3.8) is 0 Å². The molecule has 0 radical (unpaired) electrons. The third kappa shape index (κ3) is 5.05. The fourth-order valence-corrected chi connectivity index (χ4v) is 3.41. The molecule has 1 saturated heterocycles. The molecule has 0 saturated carbocycles. The van der Waals surface area contributed by atoms with Gasteiger partial charge in [-0.1, -0.05) is 32.0 Å². The van der Waals surface area contributed by atoms with Gasteiger partial charge in [0.1, 0.15) is 0 Å². The first kappa shape index (κ1) is 20.2. The third-order valence-electron chi connectivity index (χ3n) is 4.66. The van der Waals surface area contributed by atoms with E-state index in [9.17, 15) is 9.59 Å². The highest BCUT2D eigenvalue weighted by Crippen LogP contribution is 2.09. The van der Waals surface area contributed by atoms with E-state index in [1.807, 2.05) is 30.3 Å². The molecule has 7 nitrogen and oxygen atoms in total. The highest BCUT2D eigenvalue weighted by Gasteiger charge is 2.23. The van der Waals surface area contributed by atoms with E-state index in [4.69, 9.17) is 4.74 Å². The van der Waals surface area contributed by atoms with Crippen molar-refractivity contribution < 1.29 is 9.53 Å². The van der Waals surface area contributed by atoms with Crippen LogP contribution in [0.15, 0.2) is 41.2 Å². The molecule has 1 N–H and O–H groups in total. The topological polar surface area (TPSA) is 76.5 Å². The smallest absolute Gasteiger partial charge is 0.275 e. The zero-order chi connectivity index (χ0) is 20.1. The summed E-state index contributed by atoms with van der Waals surface area (Å²) in [5, 5.41) is 7.12. The monoisotopic (exact) mass is 384 g/mol. The maximum absolute atomic E-state index is 12.6. The van der Waals surface area contributed by atoms with Gasteiger partial charge in [0.2, 0.25) is 5.43 Å². The fraction of sp³-hybridized carbons (Fsp3) is 0.476. The zero-order valence-corrected chi connectivity index (χ0v) is 16.7. The molecule has 1 amide bonds. The molecule has 2 aromatic rings. The molecule has 1 atom stereocenters. The summed E-state index contributed by atoms with van der Waals surface area (Å²) in [4.78, 5) is 27.3. The summed E-state index contributed by atoms with van der Waals surface area (Å²) in [6.45, 7) is 9.86. The number of hydrogen-bond donors (Lipinski definition) is 1. The van der Waals surface area contributed by atoms with Gasteiger partial charge in [-0.05, 0) is 25.0 Å². The summed E-state index contributed by atoms with van der Waals surface area (Å²) in [6, 6.07) is 10.9. The van der Waals surface area contributed by atoms with Crippen LogP contribution in [0.1, 0.15) is 30.0 Å². The Bertz CT molecular complexity index is 864. The number of benzene rings is 1. The molecule has 0 bridgehead atoms. The molecule has 1 aromatic heterocycles. The van der Waals surface area contributed by atoms with E-state index in [1.165, 1.54) is 6.07 Å². The van der Waals surface area contributed by atoms with Crippen LogP contribution in [-0.4, -0.2) is 59.5 Å². The SMILES string of the molecule is Cc1cc(=O)c(C(=O)NCC2CN(CC(C)C)CCO2)nn1-c1ccccc1. The predicted molar refractivity (Wildman–Crippen MR) is 108 cm³/mol. The normalized spacial score (nSPS) is 17.6. The summed E-state index contributed by atoms with van der Waals surface area (Å²) < 4.78 is 7.37. The lowest BCUT2D eigenvalue weighted by atomic mass is 10.2. The summed E-state index contributed by atoms with van der Waals surface area (Å²) >= 11 is 0. The Balaban J connectivity index is 1.68. The third-order valence-corrected chi connectivity index (χ3v) is 4.66. The van der Waals surface area contributed by atoms with Gasteiger partial charge in [-0.15, -0.1) is 0 Å². The highest BCUT2D eigenvalue weighted by molar-refractivity contribution is 5.92. The summed E-state index contributed by atoms with van der Waals surface area (Å²) in [5.41, 5.74) is 0.985. The Kier molecular flexibility index (Phi) is 6.59. The van der Waals surface area contributed by atoms with Crippen LogP contribution in [-0.2, 0) is 4.74 Å². The fourth-order valence-electron chi connectivity index (χ4n) is 3.41. The quantitative estimate of drug-likeness (QED) is 0.819. The number of morpholine rings is 1. The van der Waals surface area contributed by atoms with Crippen molar-refractivity contribution in [2.24, 2.45) is 5.92 Å². The number of aryl methyl sites for hydroxylation is 1. The van der Waals surface area contributed by atoms with Gasteiger partial charge in [0.15, 0.2) is 5.69 Å². The molecule has 1 aliphatic rings. The van der Waals surface area contributed by atoms with Gasteiger partial charge in [-0.3, -0.25) is 14.5 Å². The largest absolute Gasteiger partial charge is 0.374 e. The summed E-state index contributed by atoms with van der Waals surface area (Å²) in [5.74, 6) is 0.112. The van der Waals surface area contributed by atoms with Gasteiger partial charge >= 0.3 is 0 Å². The average molecular weight is 384 g/mol. The minimum atomic E-state index is -0.473. The number of ether oxygens (including phenoxy) is 1. The predicted octanol–water partition coefficient (Wildman–Crippen LogP) is 1.63. The van der Waals surface area contributed by atoms with Crippen molar-refractivity contribution in [1.82, 2.24) is 20.0 Å². The molecule has 1 aromatic carbocycles. The van der Waals surface area contributed by atoms with E-state index < -0.39 is 5.91 Å². The molecule has 2 heterocycles. The van der Waals surface area contributed by atoms with Crippen LogP contribution in [0.4, 0.5) is 0 Å². The van der Waals surface area contributed by atoms with Gasteiger partial charge in [0, 0.05) is 37.9 Å². The molecular weight excluding hydrogens is 356 g/mol. The molecule has 1 fully saturated rings. The maximum atomic E-state index is 12.6. The van der Waals surface area contributed by atoms with Crippen molar-refractivity contribution in [3.8, 4) is 5.69 Å². The number of para-hydroxylation sites is 1. The van der Waals surface area contributed by atoms with E-state index in [0.717, 1.165) is 25.3 Å². The number of carbonyl (C=O) groups is 1. The van der Waals surface area contributed by atoms with Crippen LogP contribution >= 0.6 is 0 Å². The average Bonchev–Trinajstić information content (AvgIpc) is 2.67. The zero-order valence-electron chi connectivity index (χ0n) is 16.7. The lowest BCUT2D eigenvalue weighted by Crippen LogP contribution is -2.48. The van der Waals surface area contributed by atoms with E-state index >= 15 is 0 Å². The Hall–Kier alpha value is -2.51. The Morgan fingerprint density at radius 2 is 2.07 bits per heavy atom. The lowest BCUT2D eigenvalue weighted by molar-refractivity contribution is -0.0296. The minimum Gasteiger partial charge on any atom is -0.374 e. The van der Waals surface area contributed by atoms with Gasteiger partial charge in [0.05, 0.1) is 18.4 Å². The van der Waals surface area contributed by atoms with Gasteiger partial charge in [-0.25, -0.2) is 4.68 Å². The van der Waals surface area contributed by atoms with Gasteiger partial charge < -0.3 is 10.1 Å². The number of amides is 1. The molecule has 0 aliphatic carbocycles. The van der Waals surface area contributed by atoms with Crippen LogP contribution < -0.4 is 10.7 Å². The maximum Gasteiger partial charge on any atom is 0.275 e. The molecular formula is C21H28N4O3. The Morgan fingerprint density at radius 3 is 2.79 bits per heavy atom. The molecule has 1 unspecified atom stereocenters. The van der Waals surface area contributed by atoms with Crippen LogP contribution in [0.5, 0.6) is 0 Å². The van der Waals surface area contributed by atoms with E-state index in [2.05, 4.69) is 29.2 Å². The van der Waals surface area contributed by atoms with Gasteiger partial charge in [0.25, 0.3) is 5.91 Å². The number of carbonyl (C=O) groups excluding carboxylic acids is 1. The van der Waals surface area contributed by atoms with E-state index in [-0.39, 0.29) is 17.2 Å². The minimum absolute atomic E-state index is 0.0850. The van der Waals surface area contributed by atoms with E-state index in [1.54, 1.807) is 11.6 Å². The number of aromatic nitrogens is 2. The molecule has 0 spiro atoms. The van der Waals surface area contributed by atoms with Crippen LogP contribution in [0, 0.1) is 12.8 Å². The molecule has 150 valence electrons. The summed E-state index contributed by atoms with van der Waals surface area (Å²) in [7, 11) is 0. The Labute approximate surface area is 165 Å². The lowest BCUT2D eigenvalue weighted by Gasteiger charge is -2.33. The molecule has 7 heteroatoms. The first-order chi connectivity index (χ1) is 13.4. The highest BCUT2D eigenvalue weighted by atomic mass is 16.5. The molecule has 3 rings (SSSR count). The first-order valence-electron chi connectivity index (χ1n) is 9.72. The van der Waals surface area contributed by atoms with Crippen LogP contribution in [0.3, 0.4) is 0 Å². The number of nitrogens with zero attached hydrogens (tertiary/aromatic N) is 3. The Morgan fingerprint density at radius 1 is 1.32 bits per heavy atom. The number of nitrogens with one attached hydrogen (secondary N) is 1. The summed E-state index contributed by atoms with van der Waals surface area (Å²) in [6.07, 6.45) is -0.0850. The second-order valence-electron chi connectivity index (χ2n) is 7.60. The molecule has 1 aliphatic heterocycles. The second-order valence-corrected chi connectivity index (χ2v) is 7.60. The second kappa shape index (κ2) is 9.12. The van der Waals surface area contributed by atoms with Crippen molar-refractivity contribution in [2.75, 3.05) is 32.8 Å². The standard InChI is InChI=1S/C21H28N4O3/c1-15(2)13-24-9-10-28-18(14-24)12-22-21(27)20-19(26)11-16(3)25(23-20)17-7-5-4-6-8-17/h4-8,11,15,18H,9-10,12-14H2,1-3H3,(H,22,27). The van der Waals surface area contributed by atoms with E-state index in [0.29, 0.717) is 24.8 Å². The van der Waals surface area contributed by atoms with Gasteiger partial charge in [-0.2, -0.15) is 5.10 Å². The van der Waals surface area contributed by atoms with Crippen LogP contribution in [0.2, 0.25) is 0 Å². The first-order valence-corrected chi connectivity index (χ1v) is 9.72. The number of hydrogen-bond acceptors (Lipinski definition) is 5.